The van der Waals surface area contributed by atoms with Gasteiger partial charge in [0.2, 0.25) is 0 Å². The van der Waals surface area contributed by atoms with Crippen LogP contribution in [0.3, 0.4) is 0 Å². The zero-order valence-electron chi connectivity index (χ0n) is 11.4. The predicted octanol–water partition coefficient (Wildman–Crippen LogP) is 0.456. The van der Waals surface area contributed by atoms with Gasteiger partial charge in [-0.3, -0.25) is 0 Å². The minimum absolute atomic E-state index is 0.646. The van der Waals surface area contributed by atoms with E-state index in [0.717, 1.165) is 26.3 Å². The fourth-order valence-corrected chi connectivity index (χ4v) is 2.22. The third-order valence-electron chi connectivity index (χ3n) is 3.25. The van der Waals surface area contributed by atoms with Crippen LogP contribution in [0.1, 0.15) is 11.5 Å². The van der Waals surface area contributed by atoms with Gasteiger partial charge in [-0.25, -0.2) is 9.13 Å². The minimum atomic E-state index is 0.646. The number of aromatic nitrogens is 2. The summed E-state index contributed by atoms with van der Waals surface area (Å²) < 4.78 is 21.0. The molecule has 0 radical (unpaired) electrons. The molecule has 5 nitrogen and oxygen atoms in total. The lowest BCUT2D eigenvalue weighted by atomic mass is 10.5. The summed E-state index contributed by atoms with van der Waals surface area (Å²) in [6.07, 6.45) is 2.18. The molecule has 18 heavy (non-hydrogen) atoms. The van der Waals surface area contributed by atoms with E-state index in [1.54, 1.807) is 0 Å². The summed E-state index contributed by atoms with van der Waals surface area (Å²) in [5, 5.41) is 0. The van der Waals surface area contributed by atoms with Crippen LogP contribution < -0.4 is 4.57 Å². The molecule has 0 aromatic carbocycles. The highest BCUT2D eigenvalue weighted by Gasteiger charge is 2.16. The largest absolute Gasteiger partial charge is 0.377 e. The second-order valence-corrected chi connectivity index (χ2v) is 4.50. The Hall–Kier alpha value is -0.910. The molecule has 0 amide bonds. The van der Waals surface area contributed by atoms with Crippen LogP contribution in [-0.2, 0) is 27.3 Å². The number of hydrogen-bond donors (Lipinski definition) is 0. The first-order valence-corrected chi connectivity index (χ1v) is 6.58. The molecule has 102 valence electrons. The topological polar surface area (TPSA) is 36.5 Å². The third kappa shape index (κ3) is 3.54. The van der Waals surface area contributed by atoms with Gasteiger partial charge in [0.15, 0.2) is 0 Å². The lowest BCUT2D eigenvalue weighted by molar-refractivity contribution is -0.704. The van der Waals surface area contributed by atoms with E-state index in [-0.39, 0.29) is 0 Å². The zero-order valence-corrected chi connectivity index (χ0v) is 11.4. The van der Waals surface area contributed by atoms with E-state index in [1.807, 2.05) is 0 Å². The molecule has 0 unspecified atom stereocenters. The van der Waals surface area contributed by atoms with Crippen LogP contribution in [0.15, 0.2) is 6.20 Å². The number of fused-ring (bicyclic) bond motifs is 2. The Morgan fingerprint density at radius 1 is 0.944 bits per heavy atom. The Morgan fingerprint density at radius 2 is 1.56 bits per heavy atom. The van der Waals surface area contributed by atoms with Crippen LogP contribution in [0.2, 0.25) is 0 Å². The van der Waals surface area contributed by atoms with Crippen molar-refractivity contribution in [1.82, 2.24) is 4.57 Å². The average molecular weight is 255 g/mol. The molecule has 0 atom stereocenters. The molecular weight excluding hydrogens is 232 g/mol. The van der Waals surface area contributed by atoms with Gasteiger partial charge in [-0.2, -0.15) is 0 Å². The second-order valence-electron chi connectivity index (χ2n) is 4.50. The van der Waals surface area contributed by atoms with Gasteiger partial charge in [0.05, 0.1) is 39.6 Å². The molecule has 2 rings (SSSR count). The predicted molar refractivity (Wildman–Crippen MR) is 66.6 cm³/mol. The number of rotatable bonds is 0. The molecule has 1 aromatic rings. The monoisotopic (exact) mass is 255 g/mol. The molecule has 2 bridgehead atoms. The van der Waals surface area contributed by atoms with E-state index >= 15 is 0 Å². The van der Waals surface area contributed by atoms with Crippen molar-refractivity contribution in [2.24, 2.45) is 0 Å². The van der Waals surface area contributed by atoms with Gasteiger partial charge in [-0.05, 0) is 0 Å². The van der Waals surface area contributed by atoms with Crippen molar-refractivity contribution in [2.45, 2.75) is 26.9 Å². The van der Waals surface area contributed by atoms with Gasteiger partial charge in [0.1, 0.15) is 25.0 Å². The van der Waals surface area contributed by atoms with Gasteiger partial charge in [0, 0.05) is 13.8 Å². The summed E-state index contributed by atoms with van der Waals surface area (Å²) in [6.45, 7) is 10.1. The summed E-state index contributed by atoms with van der Waals surface area (Å²) >= 11 is 0. The van der Waals surface area contributed by atoms with E-state index < -0.39 is 0 Å². The van der Waals surface area contributed by atoms with Crippen LogP contribution in [0.25, 0.3) is 0 Å². The molecule has 2 heterocycles. The molecule has 0 aliphatic carbocycles. The number of nitrogens with zero attached hydrogens (tertiary/aromatic N) is 2. The SMILES string of the molecule is Cc1c[n+]2c(C)n1CCOCCOCCOCC2. The summed E-state index contributed by atoms with van der Waals surface area (Å²) in [4.78, 5) is 0. The van der Waals surface area contributed by atoms with Crippen molar-refractivity contribution in [2.75, 3.05) is 39.6 Å². The van der Waals surface area contributed by atoms with Crippen LogP contribution >= 0.6 is 0 Å². The molecular formula is C13H23N2O3+. The third-order valence-corrected chi connectivity index (χ3v) is 3.25. The van der Waals surface area contributed by atoms with Gasteiger partial charge in [-0.1, -0.05) is 0 Å². The summed E-state index contributed by atoms with van der Waals surface area (Å²) in [6, 6.07) is 0. The maximum Gasteiger partial charge on any atom is 0.253 e. The maximum absolute atomic E-state index is 5.56. The first kappa shape index (κ1) is 13.5. The highest BCUT2D eigenvalue weighted by atomic mass is 16.5. The van der Waals surface area contributed by atoms with E-state index in [1.165, 1.54) is 11.5 Å². The minimum Gasteiger partial charge on any atom is -0.377 e. The Labute approximate surface area is 108 Å². The first-order valence-electron chi connectivity index (χ1n) is 6.58. The standard InChI is InChI=1S/C13H23N2O3/c1-12-11-14-3-5-16-7-9-18-10-8-17-6-4-15(12)13(14)2/h11H,3-10H2,1-2H3/q+1. The molecule has 5 heteroatoms. The molecule has 0 saturated carbocycles. The van der Waals surface area contributed by atoms with E-state index in [2.05, 4.69) is 29.2 Å². The highest BCUT2D eigenvalue weighted by molar-refractivity contribution is 4.95. The highest BCUT2D eigenvalue weighted by Crippen LogP contribution is 2.02. The number of aryl methyl sites for hydroxylation is 1. The summed E-state index contributed by atoms with van der Waals surface area (Å²) in [5.74, 6) is 1.26. The quantitative estimate of drug-likeness (QED) is 0.632. The van der Waals surface area contributed by atoms with E-state index in [4.69, 9.17) is 14.2 Å². The number of ether oxygens (including phenoxy) is 3. The summed E-state index contributed by atoms with van der Waals surface area (Å²) in [5.41, 5.74) is 1.27. The first-order chi connectivity index (χ1) is 8.79. The molecule has 0 fully saturated rings. The smallest absolute Gasteiger partial charge is 0.253 e. The fourth-order valence-electron chi connectivity index (χ4n) is 2.22. The molecule has 0 saturated heterocycles. The average Bonchev–Trinajstić information content (AvgIpc) is 2.62. The fraction of sp³-hybridized carbons (Fsp3) is 0.769. The molecule has 1 aliphatic heterocycles. The normalized spacial score (nSPS) is 19.4. The lowest BCUT2D eigenvalue weighted by Crippen LogP contribution is -2.38. The van der Waals surface area contributed by atoms with Crippen molar-refractivity contribution in [3.8, 4) is 0 Å². The Morgan fingerprint density at radius 3 is 2.28 bits per heavy atom. The van der Waals surface area contributed by atoms with E-state index in [0.29, 0.717) is 26.4 Å². The zero-order chi connectivity index (χ0) is 12.8. The van der Waals surface area contributed by atoms with Crippen molar-refractivity contribution in [3.05, 3.63) is 17.7 Å². The van der Waals surface area contributed by atoms with Crippen molar-refractivity contribution in [1.29, 1.82) is 0 Å². The van der Waals surface area contributed by atoms with Crippen molar-refractivity contribution >= 4 is 0 Å². The van der Waals surface area contributed by atoms with Crippen molar-refractivity contribution in [3.63, 3.8) is 0 Å². The van der Waals surface area contributed by atoms with Crippen LogP contribution in [0, 0.1) is 13.8 Å². The maximum atomic E-state index is 5.56. The van der Waals surface area contributed by atoms with Crippen LogP contribution in [0.5, 0.6) is 0 Å². The Kier molecular flexibility index (Phi) is 5.16. The Balaban J connectivity index is 2.02. The molecule has 0 N–H and O–H groups in total. The summed E-state index contributed by atoms with van der Waals surface area (Å²) in [7, 11) is 0. The van der Waals surface area contributed by atoms with Gasteiger partial charge < -0.3 is 14.2 Å². The van der Waals surface area contributed by atoms with Crippen LogP contribution in [0.4, 0.5) is 0 Å². The number of imidazole rings is 1. The van der Waals surface area contributed by atoms with Crippen LogP contribution in [-0.4, -0.2) is 44.2 Å². The Bertz CT molecular complexity index is 377. The van der Waals surface area contributed by atoms with Gasteiger partial charge in [0.25, 0.3) is 5.82 Å². The van der Waals surface area contributed by atoms with Gasteiger partial charge >= 0.3 is 0 Å². The second kappa shape index (κ2) is 6.87. The van der Waals surface area contributed by atoms with Crippen molar-refractivity contribution < 1.29 is 18.8 Å². The van der Waals surface area contributed by atoms with Gasteiger partial charge in [-0.15, -0.1) is 0 Å². The molecule has 1 aromatic heterocycles. The van der Waals surface area contributed by atoms with E-state index in [9.17, 15) is 0 Å². The molecule has 0 spiro atoms. The lowest BCUT2D eigenvalue weighted by Gasteiger charge is -2.08. The number of hydrogen-bond acceptors (Lipinski definition) is 3. The molecule has 1 aliphatic rings.